The minimum absolute atomic E-state index is 0.0360. The molecule has 0 aromatic heterocycles. The predicted octanol–water partition coefficient (Wildman–Crippen LogP) is 1.55. The molecule has 1 unspecified atom stereocenters. The highest BCUT2D eigenvalue weighted by atomic mass is 79.9. The zero-order chi connectivity index (χ0) is 15.4. The number of hydrogen-bond donors (Lipinski definition) is 3. The van der Waals surface area contributed by atoms with Gasteiger partial charge in [0.05, 0.1) is 11.1 Å². The first-order chi connectivity index (χ1) is 9.99. The van der Waals surface area contributed by atoms with E-state index in [0.29, 0.717) is 17.4 Å². The van der Waals surface area contributed by atoms with E-state index in [2.05, 4.69) is 26.6 Å². The highest BCUT2D eigenvalue weighted by Gasteiger charge is 2.25. The van der Waals surface area contributed by atoms with Gasteiger partial charge in [-0.25, -0.2) is 4.79 Å². The van der Waals surface area contributed by atoms with Crippen molar-refractivity contribution in [3.8, 4) is 0 Å². The SMILES string of the molecule is O=C(O)c1ccc(Br)cc1C(=O)NC1CCCCNC1=O. The maximum atomic E-state index is 12.3. The van der Waals surface area contributed by atoms with Gasteiger partial charge in [0.15, 0.2) is 0 Å². The zero-order valence-electron chi connectivity index (χ0n) is 11.2. The fraction of sp³-hybridized carbons (Fsp3) is 0.357. The Hall–Kier alpha value is -1.89. The van der Waals surface area contributed by atoms with Gasteiger partial charge in [0.25, 0.3) is 5.91 Å². The lowest BCUT2D eigenvalue weighted by atomic mass is 10.1. The number of carboxylic acid groups (broad SMARTS) is 1. The molecule has 1 saturated heterocycles. The van der Waals surface area contributed by atoms with Crippen LogP contribution in [0.5, 0.6) is 0 Å². The molecule has 7 heteroatoms. The summed E-state index contributed by atoms with van der Waals surface area (Å²) in [6.45, 7) is 0.600. The van der Waals surface area contributed by atoms with E-state index >= 15 is 0 Å². The van der Waals surface area contributed by atoms with Gasteiger partial charge >= 0.3 is 5.97 Å². The first-order valence-corrected chi connectivity index (χ1v) is 7.40. The summed E-state index contributed by atoms with van der Waals surface area (Å²) in [7, 11) is 0. The van der Waals surface area contributed by atoms with Gasteiger partial charge in [-0.15, -0.1) is 0 Å². The van der Waals surface area contributed by atoms with Crippen LogP contribution >= 0.6 is 15.9 Å². The zero-order valence-corrected chi connectivity index (χ0v) is 12.8. The highest BCUT2D eigenvalue weighted by Crippen LogP contribution is 2.17. The number of hydrogen-bond acceptors (Lipinski definition) is 3. The highest BCUT2D eigenvalue weighted by molar-refractivity contribution is 9.10. The Morgan fingerprint density at radius 2 is 2.05 bits per heavy atom. The van der Waals surface area contributed by atoms with Crippen molar-refractivity contribution in [2.45, 2.75) is 25.3 Å². The molecule has 2 rings (SSSR count). The average molecular weight is 355 g/mol. The van der Waals surface area contributed by atoms with Crippen molar-refractivity contribution in [1.82, 2.24) is 10.6 Å². The number of aromatic carboxylic acids is 1. The van der Waals surface area contributed by atoms with E-state index in [9.17, 15) is 14.4 Å². The summed E-state index contributed by atoms with van der Waals surface area (Å²) in [5, 5.41) is 14.5. The van der Waals surface area contributed by atoms with Crippen LogP contribution in [0.1, 0.15) is 40.0 Å². The Morgan fingerprint density at radius 3 is 2.76 bits per heavy atom. The fourth-order valence-electron chi connectivity index (χ4n) is 2.20. The van der Waals surface area contributed by atoms with Crippen LogP contribution in [-0.2, 0) is 4.79 Å². The number of halogens is 1. The molecule has 0 spiro atoms. The monoisotopic (exact) mass is 354 g/mol. The molecule has 6 nitrogen and oxygen atoms in total. The number of rotatable bonds is 3. The average Bonchev–Trinajstić information content (AvgIpc) is 2.63. The lowest BCUT2D eigenvalue weighted by molar-refractivity contribution is -0.122. The second-order valence-corrected chi connectivity index (χ2v) is 5.72. The van der Waals surface area contributed by atoms with Gasteiger partial charge in [-0.2, -0.15) is 0 Å². The quantitative estimate of drug-likeness (QED) is 0.767. The third-order valence-corrected chi connectivity index (χ3v) is 3.79. The Balaban J connectivity index is 2.21. The lowest BCUT2D eigenvalue weighted by Crippen LogP contribution is -2.45. The van der Waals surface area contributed by atoms with Gasteiger partial charge in [0.1, 0.15) is 6.04 Å². The molecule has 3 N–H and O–H groups in total. The topological polar surface area (TPSA) is 95.5 Å². The maximum absolute atomic E-state index is 12.3. The smallest absolute Gasteiger partial charge is 0.336 e. The largest absolute Gasteiger partial charge is 0.478 e. The molecule has 1 heterocycles. The molecule has 0 radical (unpaired) electrons. The second-order valence-electron chi connectivity index (χ2n) is 4.81. The lowest BCUT2D eigenvalue weighted by Gasteiger charge is -2.16. The van der Waals surface area contributed by atoms with Crippen molar-refractivity contribution in [3.63, 3.8) is 0 Å². The van der Waals surface area contributed by atoms with Gasteiger partial charge in [0.2, 0.25) is 5.91 Å². The van der Waals surface area contributed by atoms with Crippen LogP contribution in [0.25, 0.3) is 0 Å². The van der Waals surface area contributed by atoms with Gasteiger partial charge in [-0.1, -0.05) is 15.9 Å². The first-order valence-electron chi connectivity index (χ1n) is 6.60. The number of carbonyl (C=O) groups is 3. The first kappa shape index (κ1) is 15.5. The predicted molar refractivity (Wildman–Crippen MR) is 79.2 cm³/mol. The normalized spacial score (nSPS) is 18.5. The van der Waals surface area contributed by atoms with E-state index in [1.54, 1.807) is 6.07 Å². The molecule has 1 aliphatic heterocycles. The van der Waals surface area contributed by atoms with Gasteiger partial charge < -0.3 is 15.7 Å². The third kappa shape index (κ3) is 3.81. The van der Waals surface area contributed by atoms with E-state index in [0.717, 1.165) is 12.8 Å². The number of carbonyl (C=O) groups excluding carboxylic acids is 2. The number of nitrogens with one attached hydrogen (secondary N) is 2. The van der Waals surface area contributed by atoms with Crippen LogP contribution < -0.4 is 10.6 Å². The van der Waals surface area contributed by atoms with Crippen LogP contribution in [0.4, 0.5) is 0 Å². The Bertz CT molecular complexity index is 588. The van der Waals surface area contributed by atoms with E-state index < -0.39 is 17.9 Å². The summed E-state index contributed by atoms with van der Waals surface area (Å²) in [5.74, 6) is -1.97. The molecule has 112 valence electrons. The molecule has 1 aromatic rings. The molecule has 1 aromatic carbocycles. The van der Waals surface area contributed by atoms with Gasteiger partial charge in [-0.3, -0.25) is 9.59 Å². The third-order valence-electron chi connectivity index (χ3n) is 3.30. The Kier molecular flexibility index (Phi) is 4.95. The second kappa shape index (κ2) is 6.71. The molecule has 0 aliphatic carbocycles. The van der Waals surface area contributed by atoms with Crippen molar-refractivity contribution in [2.75, 3.05) is 6.54 Å². The van der Waals surface area contributed by atoms with Crippen LogP contribution in [0, 0.1) is 0 Å². The molecule has 0 saturated carbocycles. The summed E-state index contributed by atoms with van der Waals surface area (Å²) in [6.07, 6.45) is 2.25. The maximum Gasteiger partial charge on any atom is 0.336 e. The molecule has 0 bridgehead atoms. The van der Waals surface area contributed by atoms with Gasteiger partial charge in [0, 0.05) is 11.0 Å². The Labute approximate surface area is 130 Å². The molecule has 2 amide bonds. The summed E-state index contributed by atoms with van der Waals surface area (Å²) in [4.78, 5) is 35.3. The van der Waals surface area contributed by atoms with Crippen LogP contribution in [0.15, 0.2) is 22.7 Å². The summed E-state index contributed by atoms with van der Waals surface area (Å²) < 4.78 is 0.600. The molecule has 1 aliphatic rings. The Morgan fingerprint density at radius 1 is 1.29 bits per heavy atom. The number of benzene rings is 1. The van der Waals surface area contributed by atoms with E-state index in [-0.39, 0.29) is 17.0 Å². The van der Waals surface area contributed by atoms with E-state index in [1.165, 1.54) is 12.1 Å². The van der Waals surface area contributed by atoms with Crippen LogP contribution in [-0.4, -0.2) is 35.5 Å². The molecule has 21 heavy (non-hydrogen) atoms. The van der Waals surface area contributed by atoms with Crippen molar-refractivity contribution in [3.05, 3.63) is 33.8 Å². The van der Waals surface area contributed by atoms with Crippen LogP contribution in [0.3, 0.4) is 0 Å². The van der Waals surface area contributed by atoms with Crippen molar-refractivity contribution >= 4 is 33.7 Å². The molecular weight excluding hydrogens is 340 g/mol. The van der Waals surface area contributed by atoms with Crippen molar-refractivity contribution in [1.29, 1.82) is 0 Å². The van der Waals surface area contributed by atoms with E-state index in [1.807, 2.05) is 0 Å². The summed E-state index contributed by atoms with van der Waals surface area (Å²) >= 11 is 3.21. The minimum Gasteiger partial charge on any atom is -0.478 e. The van der Waals surface area contributed by atoms with E-state index in [4.69, 9.17) is 5.11 Å². The standard InChI is InChI=1S/C14H15BrN2O4/c15-8-4-5-9(14(20)21)10(7-8)12(18)17-11-3-1-2-6-16-13(11)19/h4-5,7,11H,1-3,6H2,(H,16,19)(H,17,18)(H,20,21). The molecule has 1 atom stereocenters. The summed E-state index contributed by atoms with van der Waals surface area (Å²) in [6, 6.07) is 3.72. The fourth-order valence-corrected chi connectivity index (χ4v) is 2.56. The van der Waals surface area contributed by atoms with Gasteiger partial charge in [-0.05, 0) is 37.5 Å². The summed E-state index contributed by atoms with van der Waals surface area (Å²) in [5.41, 5.74) is -0.0568. The van der Waals surface area contributed by atoms with Crippen molar-refractivity contribution in [2.24, 2.45) is 0 Å². The minimum atomic E-state index is -1.18. The van der Waals surface area contributed by atoms with Crippen LogP contribution in [0.2, 0.25) is 0 Å². The number of amides is 2. The molecule has 1 fully saturated rings. The molecular formula is C14H15BrN2O4. The van der Waals surface area contributed by atoms with Crippen molar-refractivity contribution < 1.29 is 19.5 Å². The number of carboxylic acids is 1.